The molecular weight excluding hydrogens is 1070 g/mol. The van der Waals surface area contributed by atoms with Crippen molar-refractivity contribution in [1.29, 1.82) is 5.26 Å². The summed E-state index contributed by atoms with van der Waals surface area (Å²) in [4.78, 5) is 29.4. The fourth-order valence-corrected chi connectivity index (χ4v) is 12.1. The number of alkyl halides is 3. The first kappa shape index (κ1) is 56.7. The molecule has 16 nitrogen and oxygen atoms in total. The molecule has 6 aromatic carbocycles. The maximum absolute atomic E-state index is 14.4. The number of fused-ring (bicyclic) bond motifs is 2. The molecule has 2 aliphatic heterocycles. The van der Waals surface area contributed by atoms with Gasteiger partial charge in [-0.05, 0) is 160 Å². The zero-order valence-corrected chi connectivity index (χ0v) is 46.7. The van der Waals surface area contributed by atoms with Gasteiger partial charge in [-0.1, -0.05) is 47.7 Å². The lowest BCUT2D eigenvalue weighted by atomic mass is 9.86. The molecule has 80 heavy (non-hydrogen) atoms. The quantitative estimate of drug-likeness (QED) is 0.0450. The third-order valence-corrected chi connectivity index (χ3v) is 16.4. The molecule has 0 spiro atoms. The second-order valence-corrected chi connectivity index (χ2v) is 22.3. The van der Waals surface area contributed by atoms with E-state index in [2.05, 4.69) is 10.3 Å². The molecule has 1 unspecified atom stereocenters. The van der Waals surface area contributed by atoms with E-state index in [9.17, 15) is 36.4 Å². The van der Waals surface area contributed by atoms with E-state index in [0.29, 0.717) is 60.0 Å². The molecule has 2 atom stereocenters. The fraction of sp³-hybridized carbons (Fsp3) is 0.322. The normalized spacial score (nSPS) is 16.4. The number of nitrogens with zero attached hydrogens (tertiary/aromatic N) is 7. The highest BCUT2D eigenvalue weighted by atomic mass is 32.2. The molecule has 21 heteroatoms. The van der Waals surface area contributed by atoms with Crippen molar-refractivity contribution in [3.05, 3.63) is 149 Å². The molecule has 0 N–H and O–H groups in total. The first-order valence-corrected chi connectivity index (χ1v) is 27.7. The van der Waals surface area contributed by atoms with Gasteiger partial charge in [0.15, 0.2) is 5.11 Å². The molecule has 0 aliphatic carbocycles. The first-order chi connectivity index (χ1) is 38.1. The van der Waals surface area contributed by atoms with Crippen LogP contribution in [0.25, 0.3) is 22.2 Å². The van der Waals surface area contributed by atoms with Crippen LogP contribution in [-0.2, 0) is 44.1 Å². The number of anilines is 2. The van der Waals surface area contributed by atoms with Crippen LogP contribution in [0, 0.1) is 18.3 Å². The van der Waals surface area contributed by atoms with E-state index in [4.69, 9.17) is 35.9 Å². The predicted octanol–water partition coefficient (Wildman–Crippen LogP) is 11.1. The van der Waals surface area contributed by atoms with Gasteiger partial charge in [-0.15, -0.1) is 5.10 Å². The summed E-state index contributed by atoms with van der Waals surface area (Å²) in [7, 11) is -0.712. The minimum Gasteiger partial charge on any atom is -0.494 e. The lowest BCUT2D eigenvalue weighted by molar-refractivity contribution is -0.143. The summed E-state index contributed by atoms with van der Waals surface area (Å²) < 4.78 is 103. The number of thiocarbonyl (C=S) groups is 1. The minimum absolute atomic E-state index is 0.00621. The van der Waals surface area contributed by atoms with Crippen LogP contribution in [0.3, 0.4) is 0 Å². The molecule has 9 rings (SSSR count). The smallest absolute Gasteiger partial charge is 0.417 e. The van der Waals surface area contributed by atoms with Crippen molar-refractivity contribution < 1.29 is 54.9 Å². The average Bonchev–Trinajstić information content (AvgIpc) is 3.97. The van der Waals surface area contributed by atoms with Gasteiger partial charge in [0.1, 0.15) is 50.6 Å². The average molecular weight is 1130 g/mol. The summed E-state index contributed by atoms with van der Waals surface area (Å²) in [6, 6.07) is 33.8. The van der Waals surface area contributed by atoms with Gasteiger partial charge in [0.25, 0.3) is 5.91 Å². The van der Waals surface area contributed by atoms with E-state index in [1.165, 1.54) is 16.4 Å². The second-order valence-electron chi connectivity index (χ2n) is 20.0. The highest BCUT2D eigenvalue weighted by molar-refractivity contribution is 7.89. The molecule has 7 aromatic rings. The third-order valence-electron chi connectivity index (χ3n) is 14.2. The highest BCUT2D eigenvalue weighted by Gasteiger charge is 2.51. The van der Waals surface area contributed by atoms with E-state index in [1.54, 1.807) is 74.8 Å². The predicted molar refractivity (Wildman–Crippen MR) is 298 cm³/mol. The van der Waals surface area contributed by atoms with Crippen molar-refractivity contribution in [3.63, 3.8) is 0 Å². The molecule has 1 amide bonds. The number of carbonyl (C=O) groups is 2. The number of rotatable bonds is 18. The Labute approximate surface area is 467 Å². The van der Waals surface area contributed by atoms with E-state index in [-0.39, 0.29) is 53.5 Å². The van der Waals surface area contributed by atoms with Crippen molar-refractivity contribution in [1.82, 2.24) is 19.3 Å². The Balaban J connectivity index is 0.790. The number of amides is 1. The summed E-state index contributed by atoms with van der Waals surface area (Å²) in [5, 5.41) is 17.7. The summed E-state index contributed by atoms with van der Waals surface area (Å²) >= 11 is 5.69. The van der Waals surface area contributed by atoms with Crippen LogP contribution in [0.15, 0.2) is 120 Å². The molecule has 3 heterocycles. The van der Waals surface area contributed by atoms with Gasteiger partial charge in [0.2, 0.25) is 10.0 Å². The summed E-state index contributed by atoms with van der Waals surface area (Å²) in [5.41, 5.74) is 3.82. The van der Waals surface area contributed by atoms with Gasteiger partial charge < -0.3 is 28.6 Å². The Kier molecular flexibility index (Phi) is 16.3. The van der Waals surface area contributed by atoms with Crippen LogP contribution in [0.2, 0.25) is 0 Å². The van der Waals surface area contributed by atoms with Crippen molar-refractivity contribution in [2.45, 2.75) is 89.1 Å². The van der Waals surface area contributed by atoms with Crippen molar-refractivity contribution in [2.24, 2.45) is 7.05 Å². The van der Waals surface area contributed by atoms with Crippen molar-refractivity contribution >= 4 is 61.6 Å². The monoisotopic (exact) mass is 1130 g/mol. The van der Waals surface area contributed by atoms with E-state index in [1.807, 2.05) is 80.6 Å². The molecular formula is C59H58F3N7O9S2. The number of benzene rings is 6. The molecule has 1 fully saturated rings. The number of nitriles is 1. The van der Waals surface area contributed by atoms with E-state index in [0.717, 1.165) is 50.4 Å². The fourth-order valence-electron chi connectivity index (χ4n) is 10.0. The van der Waals surface area contributed by atoms with E-state index >= 15 is 0 Å². The number of hydrogen-bond donors (Lipinski definition) is 0. The number of halogens is 3. The van der Waals surface area contributed by atoms with Gasteiger partial charge in [-0.25, -0.2) is 13.1 Å². The van der Waals surface area contributed by atoms with Crippen LogP contribution in [0.1, 0.15) is 86.3 Å². The van der Waals surface area contributed by atoms with Gasteiger partial charge in [0.05, 0.1) is 62.8 Å². The summed E-state index contributed by atoms with van der Waals surface area (Å²) in [6.45, 7) is 9.92. The molecule has 1 aromatic heterocycles. The Morgan fingerprint density at radius 3 is 2.23 bits per heavy atom. The number of esters is 1. The number of methoxy groups -OCH3 is 1. The second kappa shape index (κ2) is 23.0. The van der Waals surface area contributed by atoms with Gasteiger partial charge in [0, 0.05) is 31.3 Å². The molecule has 416 valence electrons. The Hall–Kier alpha value is -8.06. The van der Waals surface area contributed by atoms with Crippen LogP contribution in [0.4, 0.5) is 24.5 Å². The number of aryl methyl sites for hydroxylation is 2. The van der Waals surface area contributed by atoms with Crippen LogP contribution < -0.4 is 28.7 Å². The van der Waals surface area contributed by atoms with Crippen LogP contribution in [0.5, 0.6) is 23.0 Å². The zero-order chi connectivity index (χ0) is 57.3. The number of ether oxygens (including phenoxy) is 5. The van der Waals surface area contributed by atoms with Crippen molar-refractivity contribution in [3.8, 4) is 40.2 Å². The standard InChI is InChI=1S/C59H58F3N7O9S2/c1-8-75-54(70)32-48(42-28-50-55(52(29-42)74-7)66(6)65-64-50)40-12-11-36(2)43(27-40)35-67-34-37(3)78-51-31-47(23-24-53(51)80(67,72)73)77-26-10-9-25-76-46-21-16-39(17-22-46)38-13-18-44(19-14-38)69-57(79)68(56(71)58(69,4)5)45-20-15-41(33-63)49(30-45)59(60,61)62/h11-24,27-31,37,48H,8-10,25-26,32,34-35H2,1-7H3/t37-,48?/m0/s1. The topological polar surface area (TPSA) is 179 Å². The van der Waals surface area contributed by atoms with Gasteiger partial charge in [-0.3, -0.25) is 14.5 Å². The molecule has 0 saturated carbocycles. The first-order valence-electron chi connectivity index (χ1n) is 25.8. The molecule has 2 aliphatic rings. The van der Waals surface area contributed by atoms with Crippen LogP contribution in [-0.4, -0.2) is 89.8 Å². The highest BCUT2D eigenvalue weighted by Crippen LogP contribution is 2.42. The maximum atomic E-state index is 14.4. The van der Waals surface area contributed by atoms with E-state index < -0.39 is 50.8 Å². The van der Waals surface area contributed by atoms with Gasteiger partial charge >= 0.3 is 12.1 Å². The maximum Gasteiger partial charge on any atom is 0.417 e. The lowest BCUT2D eigenvalue weighted by Crippen LogP contribution is -2.44. The SMILES string of the molecule is CCOC(=O)CC(c1ccc(C)c(CN2C[C@H](C)Oc3cc(OCCCCOc4ccc(-c5ccc(N6C(=S)N(c7ccc(C#N)c(C(F)(F)F)c7)C(=O)C6(C)C)cc5)cc4)ccc3S2(=O)=O)c1)c1cc(OC)c2c(c1)nnn2C. The zero-order valence-electron chi connectivity index (χ0n) is 45.0. The third kappa shape index (κ3) is 11.5. The lowest BCUT2D eigenvalue weighted by Gasteiger charge is -2.29. The number of sulfonamides is 1. The van der Waals surface area contributed by atoms with Crippen molar-refractivity contribution in [2.75, 3.05) is 43.3 Å². The molecule has 1 saturated heterocycles. The largest absolute Gasteiger partial charge is 0.494 e. The number of aromatic nitrogens is 3. The Morgan fingerprint density at radius 2 is 1.56 bits per heavy atom. The number of hydrogen-bond acceptors (Lipinski definition) is 13. The molecule has 0 radical (unpaired) electrons. The Morgan fingerprint density at radius 1 is 0.900 bits per heavy atom. The number of carbonyl (C=O) groups excluding carboxylic acids is 2. The Bertz CT molecular complexity index is 3660. The van der Waals surface area contributed by atoms with Crippen LogP contribution >= 0.6 is 12.2 Å². The van der Waals surface area contributed by atoms with Gasteiger partial charge in [-0.2, -0.15) is 22.7 Å². The minimum atomic E-state index is -4.81. The summed E-state index contributed by atoms with van der Waals surface area (Å²) in [6.07, 6.45) is -3.96. The number of unbranched alkanes of at least 4 members (excludes halogenated alkanes) is 1. The molecule has 0 bridgehead atoms. The summed E-state index contributed by atoms with van der Waals surface area (Å²) in [5.74, 6) is 0.513.